The topological polar surface area (TPSA) is 43.8 Å². The number of halogens is 2. The largest absolute Gasteiger partial charge is 0.328 e. The number of nitrogens with two attached hydrogens (primary N) is 1. The molecular formula is C13H21ClFN3. The molecule has 2 rings (SSSR count). The first-order valence-corrected chi connectivity index (χ1v) is 6.98. The van der Waals surface area contributed by atoms with E-state index in [2.05, 4.69) is 5.10 Å². The molecule has 0 unspecified atom stereocenters. The van der Waals surface area contributed by atoms with Crippen LogP contribution in [-0.4, -0.2) is 21.5 Å². The Bertz CT molecular complexity index is 422. The van der Waals surface area contributed by atoms with E-state index in [1.54, 1.807) is 4.68 Å². The minimum absolute atomic E-state index is 0.155. The first kappa shape index (κ1) is 13.8. The van der Waals surface area contributed by atoms with Crippen molar-refractivity contribution in [1.82, 2.24) is 9.78 Å². The minimum Gasteiger partial charge on any atom is -0.328 e. The molecule has 1 aliphatic rings. The van der Waals surface area contributed by atoms with Crippen molar-refractivity contribution >= 4 is 11.6 Å². The molecule has 0 spiro atoms. The maximum Gasteiger partial charge on any atom is 0.116 e. The molecule has 1 aliphatic carbocycles. The van der Waals surface area contributed by atoms with E-state index in [-0.39, 0.29) is 6.04 Å². The highest BCUT2D eigenvalue weighted by atomic mass is 35.5. The number of rotatable bonds is 3. The van der Waals surface area contributed by atoms with Gasteiger partial charge in [-0.25, -0.2) is 4.39 Å². The Kier molecular flexibility index (Phi) is 3.97. The summed E-state index contributed by atoms with van der Waals surface area (Å²) in [4.78, 5) is 0. The number of alkyl halides is 1. The lowest BCUT2D eigenvalue weighted by Crippen LogP contribution is -2.37. The van der Waals surface area contributed by atoms with Crippen LogP contribution in [0.1, 0.15) is 44.0 Å². The predicted molar refractivity (Wildman–Crippen MR) is 71.6 cm³/mol. The maximum absolute atomic E-state index is 14.7. The van der Waals surface area contributed by atoms with Gasteiger partial charge in [0.2, 0.25) is 0 Å². The summed E-state index contributed by atoms with van der Waals surface area (Å²) >= 11 is 6.26. The van der Waals surface area contributed by atoms with Crippen LogP contribution in [0.25, 0.3) is 0 Å². The minimum atomic E-state index is -1.17. The van der Waals surface area contributed by atoms with Gasteiger partial charge in [-0.2, -0.15) is 5.10 Å². The van der Waals surface area contributed by atoms with Crippen molar-refractivity contribution in [2.24, 2.45) is 12.8 Å². The second-order valence-electron chi connectivity index (χ2n) is 5.35. The van der Waals surface area contributed by atoms with Crippen LogP contribution in [0.2, 0.25) is 5.02 Å². The van der Waals surface area contributed by atoms with Gasteiger partial charge in [0.15, 0.2) is 0 Å². The van der Waals surface area contributed by atoms with Crippen LogP contribution in [-0.2, 0) is 19.9 Å². The van der Waals surface area contributed by atoms with Gasteiger partial charge >= 0.3 is 0 Å². The van der Waals surface area contributed by atoms with Crippen LogP contribution >= 0.6 is 11.6 Å². The third-order valence-electron chi connectivity index (χ3n) is 3.91. The molecule has 1 heterocycles. The second-order valence-corrected chi connectivity index (χ2v) is 5.73. The van der Waals surface area contributed by atoms with Crippen molar-refractivity contribution in [1.29, 1.82) is 0 Å². The molecule has 0 amide bonds. The summed E-state index contributed by atoms with van der Waals surface area (Å²) in [5, 5.41) is 4.96. The number of hydrogen-bond donors (Lipinski definition) is 1. The van der Waals surface area contributed by atoms with E-state index in [9.17, 15) is 4.39 Å². The molecule has 0 bridgehead atoms. The second kappa shape index (κ2) is 5.17. The van der Waals surface area contributed by atoms with Crippen LogP contribution in [0.5, 0.6) is 0 Å². The summed E-state index contributed by atoms with van der Waals surface area (Å²) in [6.07, 6.45) is 3.69. The Labute approximate surface area is 112 Å². The first-order chi connectivity index (χ1) is 8.45. The van der Waals surface area contributed by atoms with E-state index < -0.39 is 5.67 Å². The molecule has 0 aromatic carbocycles. The zero-order valence-electron chi connectivity index (χ0n) is 11.0. The van der Waals surface area contributed by atoms with Gasteiger partial charge in [0, 0.05) is 19.5 Å². The summed E-state index contributed by atoms with van der Waals surface area (Å²) in [5.41, 5.74) is 6.32. The smallest absolute Gasteiger partial charge is 0.116 e. The van der Waals surface area contributed by atoms with Crippen LogP contribution in [0.3, 0.4) is 0 Å². The van der Waals surface area contributed by atoms with Crippen molar-refractivity contribution in [3.05, 3.63) is 16.4 Å². The molecule has 1 saturated carbocycles. The fourth-order valence-corrected chi connectivity index (χ4v) is 3.01. The van der Waals surface area contributed by atoms with Gasteiger partial charge in [0.1, 0.15) is 5.67 Å². The molecule has 1 aromatic rings. The zero-order chi connectivity index (χ0) is 13.3. The summed E-state index contributed by atoms with van der Waals surface area (Å²) in [7, 11) is 1.83. The summed E-state index contributed by atoms with van der Waals surface area (Å²) < 4.78 is 16.5. The van der Waals surface area contributed by atoms with Crippen molar-refractivity contribution in [3.63, 3.8) is 0 Å². The van der Waals surface area contributed by atoms with Gasteiger partial charge in [-0.15, -0.1) is 0 Å². The van der Waals surface area contributed by atoms with Crippen LogP contribution in [0, 0.1) is 0 Å². The highest BCUT2D eigenvalue weighted by molar-refractivity contribution is 6.31. The van der Waals surface area contributed by atoms with Crippen molar-refractivity contribution in [3.8, 4) is 0 Å². The van der Waals surface area contributed by atoms with Gasteiger partial charge in [0.05, 0.1) is 16.4 Å². The number of aryl methyl sites for hydroxylation is 2. The first-order valence-electron chi connectivity index (χ1n) is 6.60. The van der Waals surface area contributed by atoms with E-state index in [0.717, 1.165) is 30.7 Å². The number of nitrogens with zero attached hydrogens (tertiary/aromatic N) is 2. The Balaban J connectivity index is 2.16. The molecular weight excluding hydrogens is 253 g/mol. The van der Waals surface area contributed by atoms with E-state index in [4.69, 9.17) is 17.3 Å². The van der Waals surface area contributed by atoms with Gasteiger partial charge in [-0.1, -0.05) is 18.5 Å². The molecule has 0 radical (unpaired) electrons. The van der Waals surface area contributed by atoms with Crippen LogP contribution in [0.4, 0.5) is 4.39 Å². The molecule has 1 fully saturated rings. The quantitative estimate of drug-likeness (QED) is 0.920. The van der Waals surface area contributed by atoms with Crippen molar-refractivity contribution < 1.29 is 4.39 Å². The van der Waals surface area contributed by atoms with E-state index in [1.807, 2.05) is 14.0 Å². The SMILES string of the molecule is CCc1nn(C)c(CC2(F)CCC(N)CC2)c1Cl. The Hall–Kier alpha value is -0.610. The van der Waals surface area contributed by atoms with Gasteiger partial charge in [0.25, 0.3) is 0 Å². The highest BCUT2D eigenvalue weighted by Crippen LogP contribution is 2.36. The average Bonchev–Trinajstić information content (AvgIpc) is 2.61. The van der Waals surface area contributed by atoms with Gasteiger partial charge < -0.3 is 5.73 Å². The monoisotopic (exact) mass is 273 g/mol. The Morgan fingerprint density at radius 3 is 2.61 bits per heavy atom. The normalized spacial score (nSPS) is 28.6. The predicted octanol–water partition coefficient (Wildman–Crippen LogP) is 2.79. The lowest BCUT2D eigenvalue weighted by Gasteiger charge is -2.32. The van der Waals surface area contributed by atoms with Gasteiger partial charge in [-0.3, -0.25) is 4.68 Å². The molecule has 5 heteroatoms. The third-order valence-corrected chi connectivity index (χ3v) is 4.35. The van der Waals surface area contributed by atoms with E-state index in [1.165, 1.54) is 0 Å². The van der Waals surface area contributed by atoms with Crippen molar-refractivity contribution in [2.75, 3.05) is 0 Å². The zero-order valence-corrected chi connectivity index (χ0v) is 11.8. The lowest BCUT2D eigenvalue weighted by molar-refractivity contribution is 0.0973. The fraction of sp³-hybridized carbons (Fsp3) is 0.769. The van der Waals surface area contributed by atoms with E-state index >= 15 is 0 Å². The van der Waals surface area contributed by atoms with Crippen LogP contribution < -0.4 is 5.73 Å². The summed E-state index contributed by atoms with van der Waals surface area (Å²) in [6, 6.07) is 0.155. The lowest BCUT2D eigenvalue weighted by atomic mass is 9.81. The van der Waals surface area contributed by atoms with Crippen LogP contribution in [0.15, 0.2) is 0 Å². The maximum atomic E-state index is 14.7. The molecule has 1 aromatic heterocycles. The molecule has 3 nitrogen and oxygen atoms in total. The Morgan fingerprint density at radius 2 is 2.11 bits per heavy atom. The average molecular weight is 274 g/mol. The van der Waals surface area contributed by atoms with Gasteiger partial charge in [-0.05, 0) is 32.1 Å². The molecule has 2 N–H and O–H groups in total. The third kappa shape index (κ3) is 2.69. The Morgan fingerprint density at radius 1 is 1.50 bits per heavy atom. The fourth-order valence-electron chi connectivity index (χ4n) is 2.65. The number of aromatic nitrogens is 2. The molecule has 0 aliphatic heterocycles. The highest BCUT2D eigenvalue weighted by Gasteiger charge is 2.36. The van der Waals surface area contributed by atoms with Crippen molar-refractivity contribution in [2.45, 2.75) is 57.2 Å². The standard InChI is InChI=1S/C13H21ClFN3/c1-3-10-12(14)11(18(2)17-10)8-13(15)6-4-9(16)5-7-13/h9H,3-8,16H2,1-2H3. The summed E-state index contributed by atoms with van der Waals surface area (Å²) in [5.74, 6) is 0. The molecule has 0 saturated heterocycles. The molecule has 0 atom stereocenters. The van der Waals surface area contributed by atoms with E-state index in [0.29, 0.717) is 24.3 Å². The molecule has 18 heavy (non-hydrogen) atoms. The number of hydrogen-bond acceptors (Lipinski definition) is 2. The molecule has 102 valence electrons. The summed E-state index contributed by atoms with van der Waals surface area (Å²) in [6.45, 7) is 2.00.